The minimum Gasteiger partial charge on any atom is -0.493 e. The average Bonchev–Trinajstić information content (AvgIpc) is 2.77. The van der Waals surface area contributed by atoms with E-state index < -0.39 is 13.0 Å². The molecule has 6 nitrogen and oxygen atoms in total. The first-order valence-electron chi connectivity index (χ1n) is 5.69. The zero-order valence-electron chi connectivity index (χ0n) is 10.3. The topological polar surface area (TPSA) is 78.8 Å². The van der Waals surface area contributed by atoms with Crippen molar-refractivity contribution in [1.82, 2.24) is 20.2 Å². The Morgan fingerprint density at radius 1 is 1.42 bits per heavy atom. The Morgan fingerprint density at radius 2 is 2.21 bits per heavy atom. The van der Waals surface area contributed by atoms with Crippen LogP contribution in [0.4, 0.5) is 14.5 Å². The SMILES string of the molecule is CCOc1cccc(N)c1-c1nnnn1CC(F)F. The van der Waals surface area contributed by atoms with Gasteiger partial charge in [-0.05, 0) is 29.5 Å². The fraction of sp³-hybridized carbons (Fsp3) is 0.364. The van der Waals surface area contributed by atoms with Gasteiger partial charge < -0.3 is 10.5 Å². The summed E-state index contributed by atoms with van der Waals surface area (Å²) in [6.07, 6.45) is -2.55. The average molecular weight is 269 g/mol. The van der Waals surface area contributed by atoms with Crippen molar-refractivity contribution in [2.24, 2.45) is 0 Å². The third-order valence-electron chi connectivity index (χ3n) is 2.42. The number of benzene rings is 1. The van der Waals surface area contributed by atoms with E-state index in [0.717, 1.165) is 4.68 Å². The summed E-state index contributed by atoms with van der Waals surface area (Å²) >= 11 is 0. The van der Waals surface area contributed by atoms with Crippen molar-refractivity contribution in [3.05, 3.63) is 18.2 Å². The molecule has 2 rings (SSSR count). The van der Waals surface area contributed by atoms with E-state index in [-0.39, 0.29) is 5.82 Å². The summed E-state index contributed by atoms with van der Waals surface area (Å²) in [5.74, 6) is 0.634. The summed E-state index contributed by atoms with van der Waals surface area (Å²) in [6.45, 7) is 1.64. The normalized spacial score (nSPS) is 10.9. The number of halogens is 2. The number of aromatic nitrogens is 4. The smallest absolute Gasteiger partial charge is 0.258 e. The molecule has 2 N–H and O–H groups in total. The fourth-order valence-corrected chi connectivity index (χ4v) is 1.70. The minimum absolute atomic E-state index is 0.168. The zero-order chi connectivity index (χ0) is 13.8. The summed E-state index contributed by atoms with van der Waals surface area (Å²) in [7, 11) is 0. The molecule has 0 saturated carbocycles. The van der Waals surface area contributed by atoms with Gasteiger partial charge in [0.2, 0.25) is 0 Å². The maximum Gasteiger partial charge on any atom is 0.258 e. The molecule has 0 spiro atoms. The molecule has 0 atom stereocenters. The molecule has 1 aromatic heterocycles. The Kier molecular flexibility index (Phi) is 3.88. The van der Waals surface area contributed by atoms with E-state index in [1.807, 2.05) is 6.92 Å². The highest BCUT2D eigenvalue weighted by Crippen LogP contribution is 2.33. The van der Waals surface area contributed by atoms with Gasteiger partial charge in [0.15, 0.2) is 5.82 Å². The second-order valence-corrected chi connectivity index (χ2v) is 3.73. The standard InChI is InChI=1S/C11H13F2N5O/c1-2-19-8-5-3-4-7(14)10(8)11-15-16-17-18(11)6-9(12)13/h3-5,9H,2,6,14H2,1H3. The molecule has 102 valence electrons. The molecule has 0 aliphatic heterocycles. The van der Waals surface area contributed by atoms with E-state index >= 15 is 0 Å². The second kappa shape index (κ2) is 5.59. The van der Waals surface area contributed by atoms with Crippen molar-refractivity contribution < 1.29 is 13.5 Å². The lowest BCUT2D eigenvalue weighted by Crippen LogP contribution is -2.11. The molecule has 0 amide bonds. The van der Waals surface area contributed by atoms with Gasteiger partial charge >= 0.3 is 0 Å². The van der Waals surface area contributed by atoms with E-state index in [9.17, 15) is 8.78 Å². The van der Waals surface area contributed by atoms with Crippen LogP contribution >= 0.6 is 0 Å². The summed E-state index contributed by atoms with van der Waals surface area (Å²) < 4.78 is 31.4. The Bertz CT molecular complexity index is 558. The summed E-state index contributed by atoms with van der Waals surface area (Å²) in [5, 5.41) is 10.7. The van der Waals surface area contributed by atoms with E-state index in [2.05, 4.69) is 15.5 Å². The van der Waals surface area contributed by atoms with Crippen molar-refractivity contribution in [2.45, 2.75) is 19.9 Å². The molecule has 0 aliphatic carbocycles. The number of tetrazole rings is 1. The van der Waals surface area contributed by atoms with Gasteiger partial charge in [0.05, 0.1) is 12.2 Å². The number of hydrogen-bond donors (Lipinski definition) is 1. The molecule has 0 saturated heterocycles. The van der Waals surface area contributed by atoms with Crippen LogP contribution in [-0.2, 0) is 6.54 Å². The monoisotopic (exact) mass is 269 g/mol. The number of nitrogens with zero attached hydrogens (tertiary/aromatic N) is 4. The van der Waals surface area contributed by atoms with Crippen LogP contribution < -0.4 is 10.5 Å². The van der Waals surface area contributed by atoms with Gasteiger partial charge in [-0.2, -0.15) is 0 Å². The Morgan fingerprint density at radius 3 is 2.89 bits per heavy atom. The van der Waals surface area contributed by atoms with Crippen molar-refractivity contribution in [3.8, 4) is 17.1 Å². The van der Waals surface area contributed by atoms with Gasteiger partial charge in [-0.1, -0.05) is 6.07 Å². The van der Waals surface area contributed by atoms with E-state index in [0.29, 0.717) is 23.6 Å². The molecule has 0 fully saturated rings. The van der Waals surface area contributed by atoms with Crippen molar-refractivity contribution >= 4 is 5.69 Å². The number of alkyl halides is 2. The lowest BCUT2D eigenvalue weighted by atomic mass is 10.1. The lowest BCUT2D eigenvalue weighted by molar-refractivity contribution is 0.121. The zero-order valence-corrected chi connectivity index (χ0v) is 10.3. The Balaban J connectivity index is 2.49. The van der Waals surface area contributed by atoms with Crippen molar-refractivity contribution in [3.63, 3.8) is 0 Å². The molecular weight excluding hydrogens is 256 g/mol. The van der Waals surface area contributed by atoms with Gasteiger partial charge in [0.1, 0.15) is 12.3 Å². The highest BCUT2D eigenvalue weighted by Gasteiger charge is 2.19. The molecule has 0 bridgehead atoms. The van der Waals surface area contributed by atoms with Gasteiger partial charge in [0.25, 0.3) is 6.43 Å². The van der Waals surface area contributed by atoms with E-state index in [4.69, 9.17) is 10.5 Å². The summed E-state index contributed by atoms with van der Waals surface area (Å²) in [5.41, 5.74) is 6.66. The lowest BCUT2D eigenvalue weighted by Gasteiger charge is -2.12. The van der Waals surface area contributed by atoms with Crippen LogP contribution in [0.1, 0.15) is 6.92 Å². The van der Waals surface area contributed by atoms with Gasteiger partial charge in [0, 0.05) is 5.69 Å². The van der Waals surface area contributed by atoms with Crippen molar-refractivity contribution in [1.29, 1.82) is 0 Å². The molecule has 0 radical (unpaired) electrons. The number of anilines is 1. The maximum absolute atomic E-state index is 12.5. The summed E-state index contributed by atoms with van der Waals surface area (Å²) in [6, 6.07) is 5.04. The van der Waals surface area contributed by atoms with E-state index in [1.54, 1.807) is 18.2 Å². The molecule has 0 unspecified atom stereocenters. The number of hydrogen-bond acceptors (Lipinski definition) is 5. The molecule has 1 heterocycles. The van der Waals surface area contributed by atoms with Gasteiger partial charge in [-0.25, -0.2) is 13.5 Å². The predicted molar refractivity (Wildman–Crippen MR) is 64.8 cm³/mol. The van der Waals surface area contributed by atoms with Gasteiger partial charge in [-0.15, -0.1) is 5.10 Å². The molecule has 8 heteroatoms. The number of rotatable bonds is 5. The molecular formula is C11H13F2N5O. The van der Waals surface area contributed by atoms with Crippen LogP contribution in [0.2, 0.25) is 0 Å². The Labute approximate surface area is 108 Å². The molecule has 2 aromatic rings. The minimum atomic E-state index is -2.55. The molecule has 1 aromatic carbocycles. The second-order valence-electron chi connectivity index (χ2n) is 3.73. The highest BCUT2D eigenvalue weighted by molar-refractivity contribution is 5.77. The number of ether oxygens (including phenoxy) is 1. The first-order chi connectivity index (χ1) is 9.13. The quantitative estimate of drug-likeness (QED) is 0.834. The van der Waals surface area contributed by atoms with Crippen LogP contribution in [0.3, 0.4) is 0 Å². The molecule has 0 aliphatic rings. The van der Waals surface area contributed by atoms with Gasteiger partial charge in [-0.3, -0.25) is 0 Å². The first kappa shape index (κ1) is 13.2. The van der Waals surface area contributed by atoms with Crippen LogP contribution in [-0.4, -0.2) is 33.2 Å². The highest BCUT2D eigenvalue weighted by atomic mass is 19.3. The fourth-order valence-electron chi connectivity index (χ4n) is 1.70. The number of nitrogen functional groups attached to an aromatic ring is 1. The van der Waals surface area contributed by atoms with Crippen LogP contribution in [0.25, 0.3) is 11.4 Å². The van der Waals surface area contributed by atoms with Crippen LogP contribution in [0, 0.1) is 0 Å². The Hall–Kier alpha value is -2.25. The predicted octanol–water partition coefficient (Wildman–Crippen LogP) is 1.59. The first-order valence-corrected chi connectivity index (χ1v) is 5.69. The number of nitrogens with two attached hydrogens (primary N) is 1. The molecule has 19 heavy (non-hydrogen) atoms. The van der Waals surface area contributed by atoms with Crippen LogP contribution in [0.5, 0.6) is 5.75 Å². The van der Waals surface area contributed by atoms with E-state index in [1.165, 1.54) is 0 Å². The van der Waals surface area contributed by atoms with Crippen LogP contribution in [0.15, 0.2) is 18.2 Å². The summed E-state index contributed by atoms with van der Waals surface area (Å²) in [4.78, 5) is 0. The largest absolute Gasteiger partial charge is 0.493 e. The third kappa shape index (κ3) is 2.78. The van der Waals surface area contributed by atoms with Crippen molar-refractivity contribution in [2.75, 3.05) is 12.3 Å². The maximum atomic E-state index is 12.5. The third-order valence-corrected chi connectivity index (χ3v) is 2.42.